The van der Waals surface area contributed by atoms with Gasteiger partial charge in [0.25, 0.3) is 0 Å². The number of anilines is 1. The van der Waals surface area contributed by atoms with Crippen LogP contribution in [-0.4, -0.2) is 16.8 Å². The van der Waals surface area contributed by atoms with E-state index in [1.165, 1.54) is 0 Å². The van der Waals surface area contributed by atoms with E-state index in [0.717, 1.165) is 11.1 Å². The molecule has 0 aliphatic carbocycles. The highest BCUT2D eigenvalue weighted by atomic mass is 16.6. The smallest absolute Gasteiger partial charge is 0.412 e. The van der Waals surface area contributed by atoms with E-state index in [9.17, 15) is 4.79 Å². The Morgan fingerprint density at radius 1 is 1.44 bits per heavy atom. The minimum atomic E-state index is -0.544. The lowest BCUT2D eigenvalue weighted by Gasteiger charge is -2.20. The molecule has 5 heteroatoms. The van der Waals surface area contributed by atoms with Gasteiger partial charge in [-0.3, -0.25) is 5.32 Å². The van der Waals surface area contributed by atoms with Crippen LogP contribution in [0.15, 0.2) is 18.2 Å². The maximum atomic E-state index is 11.6. The molecular weight excluding hydrogens is 232 g/mol. The quantitative estimate of drug-likeness (QED) is 0.768. The van der Waals surface area contributed by atoms with Crippen molar-refractivity contribution in [3.63, 3.8) is 0 Å². The van der Waals surface area contributed by atoms with E-state index in [0.29, 0.717) is 5.69 Å². The Balaban J connectivity index is 2.81. The number of amides is 1. The molecule has 0 aliphatic heterocycles. The molecule has 0 atom stereocenters. The van der Waals surface area contributed by atoms with Gasteiger partial charge in [0, 0.05) is 12.2 Å². The van der Waals surface area contributed by atoms with E-state index in [-0.39, 0.29) is 13.2 Å². The summed E-state index contributed by atoms with van der Waals surface area (Å²) in [6, 6.07) is 5.19. The Labute approximate surface area is 107 Å². The maximum absolute atomic E-state index is 11.6. The molecule has 1 aromatic carbocycles. The van der Waals surface area contributed by atoms with Gasteiger partial charge in [-0.1, -0.05) is 12.1 Å². The first-order valence-electron chi connectivity index (χ1n) is 5.78. The van der Waals surface area contributed by atoms with Gasteiger partial charge >= 0.3 is 6.09 Å². The van der Waals surface area contributed by atoms with Crippen LogP contribution in [0.5, 0.6) is 0 Å². The molecule has 0 saturated heterocycles. The molecule has 100 valence electrons. The molecule has 1 aromatic rings. The summed E-state index contributed by atoms with van der Waals surface area (Å²) in [6.07, 6.45) is -0.519. The third kappa shape index (κ3) is 4.35. The third-order valence-corrected chi connectivity index (χ3v) is 2.21. The molecule has 4 N–H and O–H groups in total. The number of nitrogens with one attached hydrogen (secondary N) is 1. The fourth-order valence-electron chi connectivity index (χ4n) is 1.45. The van der Waals surface area contributed by atoms with Crippen LogP contribution in [-0.2, 0) is 17.9 Å². The van der Waals surface area contributed by atoms with Crippen molar-refractivity contribution in [2.24, 2.45) is 5.73 Å². The largest absolute Gasteiger partial charge is 0.444 e. The molecule has 0 unspecified atom stereocenters. The standard InChI is InChI=1S/C13H20N2O3/c1-13(2,3)18-12(17)15-11-5-4-9(8-16)6-10(11)7-14/h4-6,16H,7-8,14H2,1-3H3,(H,15,17). The van der Waals surface area contributed by atoms with E-state index in [4.69, 9.17) is 15.6 Å². The van der Waals surface area contributed by atoms with E-state index in [1.807, 2.05) is 0 Å². The second-order valence-corrected chi connectivity index (χ2v) is 4.98. The van der Waals surface area contributed by atoms with Crippen molar-refractivity contribution in [2.75, 3.05) is 5.32 Å². The molecule has 5 nitrogen and oxygen atoms in total. The van der Waals surface area contributed by atoms with Gasteiger partial charge in [-0.25, -0.2) is 4.79 Å². The zero-order valence-corrected chi connectivity index (χ0v) is 11.0. The van der Waals surface area contributed by atoms with Crippen molar-refractivity contribution < 1.29 is 14.6 Å². The van der Waals surface area contributed by atoms with Crippen molar-refractivity contribution in [1.29, 1.82) is 0 Å². The van der Waals surface area contributed by atoms with Crippen LogP contribution in [0.2, 0.25) is 0 Å². The summed E-state index contributed by atoms with van der Waals surface area (Å²) in [7, 11) is 0. The van der Waals surface area contributed by atoms with E-state index in [2.05, 4.69) is 5.32 Å². The van der Waals surface area contributed by atoms with Gasteiger partial charge in [-0.2, -0.15) is 0 Å². The molecule has 0 fully saturated rings. The molecular formula is C13H20N2O3. The lowest BCUT2D eigenvalue weighted by molar-refractivity contribution is 0.0636. The van der Waals surface area contributed by atoms with Gasteiger partial charge in [0.05, 0.1) is 6.61 Å². The third-order valence-electron chi connectivity index (χ3n) is 2.21. The van der Waals surface area contributed by atoms with Gasteiger partial charge < -0.3 is 15.6 Å². The number of benzene rings is 1. The van der Waals surface area contributed by atoms with Crippen LogP contribution < -0.4 is 11.1 Å². The molecule has 1 amide bonds. The SMILES string of the molecule is CC(C)(C)OC(=O)Nc1ccc(CO)cc1CN. The van der Waals surface area contributed by atoms with Gasteiger partial charge in [-0.15, -0.1) is 0 Å². The van der Waals surface area contributed by atoms with Crippen LogP contribution >= 0.6 is 0 Å². The summed E-state index contributed by atoms with van der Waals surface area (Å²) in [5, 5.41) is 11.7. The number of rotatable bonds is 3. The second-order valence-electron chi connectivity index (χ2n) is 4.98. The summed E-state index contributed by atoms with van der Waals surface area (Å²) in [4.78, 5) is 11.6. The molecule has 0 bridgehead atoms. The van der Waals surface area contributed by atoms with Gasteiger partial charge in [0.2, 0.25) is 0 Å². The predicted molar refractivity (Wildman–Crippen MR) is 70.1 cm³/mol. The molecule has 0 radical (unpaired) electrons. The van der Waals surface area contributed by atoms with Crippen LogP contribution in [0.4, 0.5) is 10.5 Å². The van der Waals surface area contributed by atoms with Crippen molar-refractivity contribution in [2.45, 2.75) is 39.5 Å². The monoisotopic (exact) mass is 252 g/mol. The average Bonchev–Trinajstić information content (AvgIpc) is 2.27. The molecule has 0 heterocycles. The molecule has 0 aromatic heterocycles. The predicted octanol–water partition coefficient (Wildman–Crippen LogP) is 1.98. The number of ether oxygens (including phenoxy) is 1. The number of carbonyl (C=O) groups excluding carboxylic acids is 1. The number of carbonyl (C=O) groups is 1. The highest BCUT2D eigenvalue weighted by molar-refractivity contribution is 5.86. The zero-order chi connectivity index (χ0) is 13.8. The highest BCUT2D eigenvalue weighted by Gasteiger charge is 2.17. The van der Waals surface area contributed by atoms with Crippen LogP contribution in [0, 0.1) is 0 Å². The second kappa shape index (κ2) is 5.84. The maximum Gasteiger partial charge on any atom is 0.412 e. The number of aliphatic hydroxyl groups is 1. The number of hydrogen-bond acceptors (Lipinski definition) is 4. The Hall–Kier alpha value is -1.59. The minimum Gasteiger partial charge on any atom is -0.444 e. The van der Waals surface area contributed by atoms with Crippen LogP contribution in [0.25, 0.3) is 0 Å². The lowest BCUT2D eigenvalue weighted by atomic mass is 10.1. The summed E-state index contributed by atoms with van der Waals surface area (Å²) >= 11 is 0. The van der Waals surface area contributed by atoms with Gasteiger partial charge in [0.1, 0.15) is 5.60 Å². The number of hydrogen-bond donors (Lipinski definition) is 3. The number of aliphatic hydroxyl groups excluding tert-OH is 1. The Morgan fingerprint density at radius 2 is 2.11 bits per heavy atom. The first-order valence-corrected chi connectivity index (χ1v) is 5.78. The lowest BCUT2D eigenvalue weighted by Crippen LogP contribution is -2.27. The summed E-state index contributed by atoms with van der Waals surface area (Å²) in [5.74, 6) is 0. The van der Waals surface area contributed by atoms with Crippen molar-refractivity contribution in [1.82, 2.24) is 0 Å². The Bertz CT molecular complexity index is 425. The topological polar surface area (TPSA) is 84.6 Å². The summed E-state index contributed by atoms with van der Waals surface area (Å²) in [5.41, 5.74) is 7.17. The van der Waals surface area contributed by atoms with Crippen LogP contribution in [0.3, 0.4) is 0 Å². The molecule has 1 rings (SSSR count). The summed E-state index contributed by atoms with van der Waals surface area (Å²) < 4.78 is 5.16. The van der Waals surface area contributed by atoms with E-state index >= 15 is 0 Å². The van der Waals surface area contributed by atoms with Crippen molar-refractivity contribution in [3.05, 3.63) is 29.3 Å². The molecule has 18 heavy (non-hydrogen) atoms. The van der Waals surface area contributed by atoms with Crippen LogP contribution in [0.1, 0.15) is 31.9 Å². The van der Waals surface area contributed by atoms with E-state index < -0.39 is 11.7 Å². The molecule has 0 saturated carbocycles. The average molecular weight is 252 g/mol. The minimum absolute atomic E-state index is 0.0558. The Morgan fingerprint density at radius 3 is 2.61 bits per heavy atom. The highest BCUT2D eigenvalue weighted by Crippen LogP contribution is 2.18. The van der Waals surface area contributed by atoms with Gasteiger partial charge in [-0.05, 0) is 38.0 Å². The molecule has 0 aliphatic rings. The first kappa shape index (κ1) is 14.5. The van der Waals surface area contributed by atoms with Gasteiger partial charge in [0.15, 0.2) is 0 Å². The fourth-order valence-corrected chi connectivity index (χ4v) is 1.45. The normalized spacial score (nSPS) is 11.2. The fraction of sp³-hybridized carbons (Fsp3) is 0.462. The zero-order valence-electron chi connectivity index (χ0n) is 11.0. The molecule has 0 spiro atoms. The first-order chi connectivity index (χ1) is 8.35. The van der Waals surface area contributed by atoms with E-state index in [1.54, 1.807) is 39.0 Å². The summed E-state index contributed by atoms with van der Waals surface area (Å²) in [6.45, 7) is 5.61. The van der Waals surface area contributed by atoms with Crippen molar-refractivity contribution >= 4 is 11.8 Å². The van der Waals surface area contributed by atoms with Crippen molar-refractivity contribution in [3.8, 4) is 0 Å². The number of nitrogens with two attached hydrogens (primary N) is 1. The Kier molecular flexibility index (Phi) is 4.69.